The van der Waals surface area contributed by atoms with E-state index in [0.29, 0.717) is 53.5 Å². The number of fused-ring (bicyclic) bond motifs is 3. The third-order valence-electron chi connectivity index (χ3n) is 15.4. The molecule has 4 heterocycles. The summed E-state index contributed by atoms with van der Waals surface area (Å²) in [4.78, 5) is 32.5. The van der Waals surface area contributed by atoms with Gasteiger partial charge in [0.15, 0.2) is 5.82 Å². The normalized spacial score (nSPS) is 25.2. The van der Waals surface area contributed by atoms with Crippen molar-refractivity contribution in [1.82, 2.24) is 24.8 Å². The number of ether oxygens (including phenoxy) is 2. The van der Waals surface area contributed by atoms with E-state index in [1.54, 1.807) is 7.11 Å². The topological polar surface area (TPSA) is 113 Å². The van der Waals surface area contributed by atoms with Gasteiger partial charge in [0.05, 0.1) is 25.0 Å². The summed E-state index contributed by atoms with van der Waals surface area (Å²) in [7, 11) is 1.68. The summed E-state index contributed by atoms with van der Waals surface area (Å²) in [6.45, 7) is 11.4. The van der Waals surface area contributed by atoms with Crippen molar-refractivity contribution in [3.63, 3.8) is 0 Å². The first-order valence-corrected chi connectivity index (χ1v) is 23.8. The van der Waals surface area contributed by atoms with Gasteiger partial charge in [-0.1, -0.05) is 61.8 Å². The number of methoxy groups -OCH3 is 1. The van der Waals surface area contributed by atoms with Crippen molar-refractivity contribution in [3.8, 4) is 22.9 Å². The van der Waals surface area contributed by atoms with E-state index in [2.05, 4.69) is 58.2 Å². The summed E-state index contributed by atoms with van der Waals surface area (Å²) in [6, 6.07) is 26.7. The smallest absolute Gasteiger partial charge is 0.329 e. The highest BCUT2D eigenvalue weighted by atomic mass is 35.5. The number of aliphatic carboxylic acids is 1. The van der Waals surface area contributed by atoms with Crippen LogP contribution in [0.2, 0.25) is 5.02 Å². The molecule has 0 bridgehead atoms. The molecule has 5 aliphatic rings. The maximum absolute atomic E-state index is 13.2. The van der Waals surface area contributed by atoms with Gasteiger partial charge in [0.25, 0.3) is 0 Å². The molecule has 2 N–H and O–H groups in total. The second-order valence-corrected chi connectivity index (χ2v) is 20.5. The molecule has 11 heteroatoms. The van der Waals surface area contributed by atoms with Gasteiger partial charge in [0.1, 0.15) is 17.0 Å². The average Bonchev–Trinajstić information content (AvgIpc) is 3.55. The third-order valence-corrected chi connectivity index (χ3v) is 15.7. The molecule has 3 aliphatic carbocycles. The number of aryl methyl sites for hydroxylation is 1. The summed E-state index contributed by atoms with van der Waals surface area (Å²) in [6.07, 6.45) is 11.9. The van der Waals surface area contributed by atoms with E-state index in [1.165, 1.54) is 40.8 Å². The van der Waals surface area contributed by atoms with Crippen LogP contribution in [0.3, 0.4) is 0 Å². The Hall–Kier alpha value is -5.03. The molecule has 3 fully saturated rings. The third kappa shape index (κ3) is 8.26. The molecule has 10 rings (SSSR count). The number of nitrogens with one attached hydrogen (secondary N) is 1. The highest BCUT2D eigenvalue weighted by Gasteiger charge is 2.55. The van der Waals surface area contributed by atoms with Gasteiger partial charge in [-0.25, -0.2) is 14.8 Å². The van der Waals surface area contributed by atoms with Gasteiger partial charge in [-0.3, -0.25) is 14.8 Å². The minimum atomic E-state index is -1.06. The van der Waals surface area contributed by atoms with Crippen LogP contribution in [-0.4, -0.2) is 81.3 Å². The molecule has 334 valence electrons. The highest BCUT2D eigenvalue weighted by molar-refractivity contribution is 6.30. The quantitative estimate of drug-likeness (QED) is 0.112. The fraction of sp³-hybridized carbons (Fsp3) is 0.472. The molecule has 2 aliphatic heterocycles. The van der Waals surface area contributed by atoms with E-state index in [1.807, 2.05) is 67.0 Å². The average molecular weight is 882 g/mol. The van der Waals surface area contributed by atoms with Crippen molar-refractivity contribution < 1.29 is 19.4 Å². The minimum absolute atomic E-state index is 0.101. The molecule has 3 aromatic carbocycles. The maximum atomic E-state index is 13.2. The number of anilines is 1. The van der Waals surface area contributed by atoms with Crippen LogP contribution in [0.25, 0.3) is 11.4 Å². The van der Waals surface area contributed by atoms with Crippen LogP contribution in [0, 0.1) is 17.3 Å². The number of aromatic nitrogens is 3. The summed E-state index contributed by atoms with van der Waals surface area (Å²) in [5.41, 5.74) is 8.60. The van der Waals surface area contributed by atoms with Crippen LogP contribution in [0.15, 0.2) is 91.3 Å². The van der Waals surface area contributed by atoms with Gasteiger partial charge in [0.2, 0.25) is 0 Å². The molecular weight excluding hydrogens is 820 g/mol. The number of pyridine rings is 1. The standard InChI is InChI=1S/C53H61ClN6O4/c1-35(30-64-47-17-23-55-45-12-6-8-36(2)48(45)47)24-39-26-38-15-14-37(25-44(38)52(39)18-20-53(21-19-52,50(61)62)58-41-10-7-9-40(54)27-41)28-59-31-51(32-59)33-60(34-51)29-42-16-22-56-49(57-42)43-11-4-5-13-46(43)63-3/h4-5,7,9-11,13-17,22-23,25,27,35-36,39,58H,6,8,12,18-21,24,26,28-34H2,1-3H3,(H,61,62)/t35-,36-,39+,52?,53?/m1/s1. The Morgan fingerprint density at radius 3 is 2.48 bits per heavy atom. The largest absolute Gasteiger partial charge is 0.496 e. The van der Waals surface area contributed by atoms with Crippen LogP contribution < -0.4 is 14.8 Å². The van der Waals surface area contributed by atoms with E-state index in [0.717, 1.165) is 99.8 Å². The van der Waals surface area contributed by atoms with Crippen molar-refractivity contribution in [2.75, 3.05) is 45.2 Å². The number of carboxylic acids is 1. The van der Waals surface area contributed by atoms with Gasteiger partial charge in [-0.15, -0.1) is 0 Å². The monoisotopic (exact) mass is 880 g/mol. The molecule has 2 spiro atoms. The second kappa shape index (κ2) is 17.4. The zero-order valence-electron chi connectivity index (χ0n) is 37.5. The van der Waals surface area contributed by atoms with Crippen LogP contribution in [0.4, 0.5) is 5.69 Å². The van der Waals surface area contributed by atoms with E-state index >= 15 is 0 Å². The first-order chi connectivity index (χ1) is 31.0. The molecule has 1 saturated carbocycles. The Labute approximate surface area is 382 Å². The SMILES string of the molecule is COc1ccccc1-c1nccc(CN2CC3(CN(Cc4ccc5c(c4)C4(CCC(Nc6cccc(Cl)c6)(C(=O)O)CC4)[C@@H](C[C@@H](C)COc4ccnc6c4[C@H](C)CCC6)C5)C3)C2)n1. The molecule has 2 saturated heterocycles. The Morgan fingerprint density at radius 2 is 1.70 bits per heavy atom. The molecular formula is C53H61ClN6O4. The van der Waals surface area contributed by atoms with E-state index in [-0.39, 0.29) is 5.41 Å². The van der Waals surface area contributed by atoms with Gasteiger partial charge in [-0.05, 0) is 140 Å². The maximum Gasteiger partial charge on any atom is 0.329 e. The fourth-order valence-corrected chi connectivity index (χ4v) is 12.6. The number of rotatable bonds is 14. The van der Waals surface area contributed by atoms with Crippen LogP contribution in [0.5, 0.6) is 11.5 Å². The molecule has 10 nitrogen and oxygen atoms in total. The summed E-state index contributed by atoms with van der Waals surface area (Å²) in [5, 5.41) is 14.9. The zero-order valence-corrected chi connectivity index (χ0v) is 38.2. The highest BCUT2D eigenvalue weighted by Crippen LogP contribution is 2.56. The molecule has 5 aromatic rings. The van der Waals surface area contributed by atoms with Crippen LogP contribution in [0.1, 0.15) is 98.4 Å². The lowest BCUT2D eigenvalue weighted by atomic mass is 9.59. The van der Waals surface area contributed by atoms with E-state index < -0.39 is 11.5 Å². The Morgan fingerprint density at radius 1 is 0.922 bits per heavy atom. The summed E-state index contributed by atoms with van der Waals surface area (Å²) in [5.74, 6) is 2.87. The number of hydrogen-bond acceptors (Lipinski definition) is 9. The molecule has 2 aromatic heterocycles. The lowest BCUT2D eigenvalue weighted by molar-refractivity contribution is -0.144. The van der Waals surface area contributed by atoms with Crippen molar-refractivity contribution in [1.29, 1.82) is 0 Å². The van der Waals surface area contributed by atoms with Crippen molar-refractivity contribution in [2.24, 2.45) is 17.3 Å². The number of halogens is 1. The Balaban J connectivity index is 0.819. The number of hydrogen-bond donors (Lipinski definition) is 2. The van der Waals surface area contributed by atoms with Crippen LogP contribution >= 0.6 is 11.6 Å². The van der Waals surface area contributed by atoms with E-state index in [4.69, 9.17) is 31.0 Å². The first kappa shape index (κ1) is 42.9. The Bertz CT molecular complexity index is 2510. The van der Waals surface area contributed by atoms with Crippen LogP contribution in [-0.2, 0) is 36.1 Å². The molecule has 3 atom stereocenters. The number of nitrogens with zero attached hydrogens (tertiary/aromatic N) is 5. The number of benzene rings is 3. The van der Waals surface area contributed by atoms with Gasteiger partial charge >= 0.3 is 5.97 Å². The lowest BCUT2D eigenvalue weighted by Crippen LogP contribution is -2.71. The second-order valence-electron chi connectivity index (χ2n) is 20.0. The lowest BCUT2D eigenvalue weighted by Gasteiger charge is -2.60. The fourth-order valence-electron chi connectivity index (χ4n) is 12.4. The van der Waals surface area contributed by atoms with Gasteiger partial charge in [0, 0.05) is 79.0 Å². The van der Waals surface area contributed by atoms with E-state index in [9.17, 15) is 9.90 Å². The number of carboxylic acid groups (broad SMARTS) is 1. The molecule has 64 heavy (non-hydrogen) atoms. The van der Waals surface area contributed by atoms with Gasteiger partial charge < -0.3 is 19.9 Å². The molecule has 0 amide bonds. The molecule has 0 unspecified atom stereocenters. The Kier molecular flexibility index (Phi) is 11.7. The predicted octanol–water partition coefficient (Wildman–Crippen LogP) is 9.98. The number of carbonyl (C=O) groups is 1. The molecule has 0 radical (unpaired) electrons. The predicted molar refractivity (Wildman–Crippen MR) is 251 cm³/mol. The number of para-hydroxylation sites is 1. The van der Waals surface area contributed by atoms with Gasteiger partial charge in [-0.2, -0.15) is 0 Å². The summed E-state index contributed by atoms with van der Waals surface area (Å²) < 4.78 is 12.2. The van der Waals surface area contributed by atoms with Crippen molar-refractivity contribution in [3.05, 3.63) is 130 Å². The summed E-state index contributed by atoms with van der Waals surface area (Å²) >= 11 is 6.36. The zero-order chi connectivity index (χ0) is 44.1. The van der Waals surface area contributed by atoms with Crippen molar-refractivity contribution in [2.45, 2.75) is 102 Å². The van der Waals surface area contributed by atoms with Crippen molar-refractivity contribution >= 4 is 23.3 Å². The first-order valence-electron chi connectivity index (χ1n) is 23.4. The minimum Gasteiger partial charge on any atom is -0.496 e. The number of likely N-dealkylation sites (tertiary alicyclic amines) is 2.